The van der Waals surface area contributed by atoms with E-state index < -0.39 is 0 Å². The maximum absolute atomic E-state index is 13.5. The van der Waals surface area contributed by atoms with Gasteiger partial charge in [-0.1, -0.05) is 6.42 Å². The van der Waals surface area contributed by atoms with Crippen LogP contribution in [0.15, 0.2) is 50.7 Å². The molecule has 0 unspecified atom stereocenters. The number of furan rings is 2. The molecule has 0 N–H and O–H groups in total. The minimum atomic E-state index is -0.354. The lowest BCUT2D eigenvalue weighted by molar-refractivity contribution is -0.146. The average molecular weight is 455 g/mol. The molecule has 2 amide bonds. The zero-order chi connectivity index (χ0) is 22.6. The van der Waals surface area contributed by atoms with Crippen LogP contribution in [0.4, 0.5) is 0 Å². The van der Waals surface area contributed by atoms with E-state index in [9.17, 15) is 9.59 Å². The van der Waals surface area contributed by atoms with Crippen LogP contribution in [0.5, 0.6) is 0 Å². The molecule has 3 aliphatic rings. The van der Waals surface area contributed by atoms with E-state index in [0.717, 1.165) is 38.9 Å². The number of nitrogens with zero attached hydrogens (tertiary/aromatic N) is 4. The van der Waals surface area contributed by atoms with Gasteiger partial charge in [-0.3, -0.25) is 14.5 Å². The fourth-order valence-corrected chi connectivity index (χ4v) is 4.54. The van der Waals surface area contributed by atoms with E-state index in [1.807, 2.05) is 12.1 Å². The molecule has 176 valence electrons. The molecule has 2 aliphatic heterocycles. The minimum absolute atomic E-state index is 0.00577. The smallest absolute Gasteiger partial charge is 0.262 e. The molecule has 2 fully saturated rings. The highest BCUT2D eigenvalue weighted by Crippen LogP contribution is 2.34. The van der Waals surface area contributed by atoms with Gasteiger partial charge < -0.3 is 18.5 Å². The van der Waals surface area contributed by atoms with Crippen LogP contribution in [0, 0.1) is 5.92 Å². The molecule has 0 aromatic carbocycles. The molecular formula is C24H30N4O5. The largest absolute Gasteiger partial charge is 0.467 e. The number of carbonyl (C=O) groups excluding carboxylic acids is 2. The van der Waals surface area contributed by atoms with Crippen LogP contribution in [-0.4, -0.2) is 78.3 Å². The van der Waals surface area contributed by atoms with Gasteiger partial charge in [0.2, 0.25) is 5.91 Å². The van der Waals surface area contributed by atoms with E-state index in [1.165, 1.54) is 5.01 Å². The maximum Gasteiger partial charge on any atom is 0.262 e. The lowest BCUT2D eigenvalue weighted by Crippen LogP contribution is -2.49. The molecule has 5 rings (SSSR count). The molecule has 1 atom stereocenters. The Bertz CT molecular complexity index is 961. The van der Waals surface area contributed by atoms with Crippen LogP contribution < -0.4 is 0 Å². The number of amides is 2. The van der Waals surface area contributed by atoms with E-state index in [1.54, 1.807) is 29.6 Å². The van der Waals surface area contributed by atoms with Gasteiger partial charge in [0.1, 0.15) is 29.8 Å². The third kappa shape index (κ3) is 4.89. The Balaban J connectivity index is 1.32. The van der Waals surface area contributed by atoms with Crippen molar-refractivity contribution >= 4 is 17.5 Å². The van der Waals surface area contributed by atoms with Gasteiger partial charge in [0.05, 0.1) is 25.7 Å². The highest BCUT2D eigenvalue weighted by Gasteiger charge is 2.38. The third-order valence-electron chi connectivity index (χ3n) is 6.73. The van der Waals surface area contributed by atoms with Gasteiger partial charge in [-0.15, -0.1) is 0 Å². The fourth-order valence-electron chi connectivity index (χ4n) is 4.54. The summed E-state index contributed by atoms with van der Waals surface area (Å²) in [6, 6.07) is 6.93. The molecule has 1 aliphatic carbocycles. The van der Waals surface area contributed by atoms with Crippen LogP contribution in [0.2, 0.25) is 0 Å². The summed E-state index contributed by atoms with van der Waals surface area (Å²) in [5.41, 5.74) is 0.694. The molecule has 33 heavy (non-hydrogen) atoms. The number of carbonyl (C=O) groups is 2. The second-order valence-electron chi connectivity index (χ2n) is 8.84. The molecule has 9 nitrogen and oxygen atoms in total. The minimum Gasteiger partial charge on any atom is -0.467 e. The predicted octanol–water partition coefficient (Wildman–Crippen LogP) is 2.51. The second-order valence-corrected chi connectivity index (χ2v) is 8.84. The van der Waals surface area contributed by atoms with Crippen molar-refractivity contribution in [3.8, 4) is 0 Å². The summed E-state index contributed by atoms with van der Waals surface area (Å²) in [7, 11) is 0. The quantitative estimate of drug-likeness (QED) is 0.609. The summed E-state index contributed by atoms with van der Waals surface area (Å²) in [5.74, 6) is 1.19. The number of ether oxygens (including phenoxy) is 1. The Morgan fingerprint density at radius 1 is 1.09 bits per heavy atom. The summed E-state index contributed by atoms with van der Waals surface area (Å²) in [5, 5.41) is 6.06. The van der Waals surface area contributed by atoms with Crippen molar-refractivity contribution in [2.75, 3.05) is 45.9 Å². The van der Waals surface area contributed by atoms with Crippen LogP contribution >= 0.6 is 0 Å². The van der Waals surface area contributed by atoms with Gasteiger partial charge in [0.15, 0.2) is 0 Å². The second kappa shape index (κ2) is 9.93. The standard InChI is InChI=1S/C24H30N4O5/c29-23(17-27(24(30)18-4-1-5-18)9-8-26-10-14-31-15-11-26)28-20(22-7-3-13-33-22)16-19(25-28)21-6-2-12-32-21/h2-3,6-7,12-13,18,20H,1,4-5,8-11,14-17H2/t20-/m1/s1. The van der Waals surface area contributed by atoms with Crippen molar-refractivity contribution in [3.63, 3.8) is 0 Å². The van der Waals surface area contributed by atoms with Crippen molar-refractivity contribution in [1.29, 1.82) is 0 Å². The highest BCUT2D eigenvalue weighted by atomic mass is 16.5. The molecule has 0 bridgehead atoms. The van der Waals surface area contributed by atoms with Crippen molar-refractivity contribution in [3.05, 3.63) is 48.3 Å². The Kier molecular flexibility index (Phi) is 6.59. The number of hydrogen-bond acceptors (Lipinski definition) is 7. The van der Waals surface area contributed by atoms with Gasteiger partial charge in [-0.2, -0.15) is 5.10 Å². The first kappa shape index (κ1) is 21.9. The topological polar surface area (TPSA) is 91.7 Å². The Labute approximate surface area is 192 Å². The first-order chi connectivity index (χ1) is 16.2. The monoisotopic (exact) mass is 454 g/mol. The average Bonchev–Trinajstić information content (AvgIpc) is 3.56. The zero-order valence-electron chi connectivity index (χ0n) is 18.7. The van der Waals surface area contributed by atoms with E-state index in [-0.39, 0.29) is 30.3 Å². The Morgan fingerprint density at radius 3 is 2.55 bits per heavy atom. The molecular weight excluding hydrogens is 424 g/mol. The Hall–Kier alpha value is -2.91. The van der Waals surface area contributed by atoms with Crippen LogP contribution in [0.1, 0.15) is 43.2 Å². The lowest BCUT2D eigenvalue weighted by atomic mass is 9.84. The van der Waals surface area contributed by atoms with Gasteiger partial charge in [0, 0.05) is 38.5 Å². The molecule has 9 heteroatoms. The molecule has 2 aromatic rings. The maximum atomic E-state index is 13.5. The van der Waals surface area contributed by atoms with E-state index in [0.29, 0.717) is 43.4 Å². The van der Waals surface area contributed by atoms with E-state index in [4.69, 9.17) is 13.6 Å². The number of hydrazone groups is 1. The van der Waals surface area contributed by atoms with E-state index in [2.05, 4.69) is 10.0 Å². The van der Waals surface area contributed by atoms with Crippen molar-refractivity contribution in [2.24, 2.45) is 11.0 Å². The molecule has 0 radical (unpaired) electrons. The summed E-state index contributed by atoms with van der Waals surface area (Å²) in [6.45, 7) is 4.38. The SMILES string of the molecule is O=C(C1CCC1)N(CCN1CCOCC1)CC(=O)N1N=C(c2ccco2)C[C@@H]1c1ccco1. The lowest BCUT2D eigenvalue weighted by Gasteiger charge is -2.34. The van der Waals surface area contributed by atoms with Crippen LogP contribution in [0.3, 0.4) is 0 Å². The molecule has 1 saturated heterocycles. The molecule has 4 heterocycles. The molecule has 0 spiro atoms. The summed E-state index contributed by atoms with van der Waals surface area (Å²) in [6.07, 6.45) is 6.57. The molecule has 2 aromatic heterocycles. The van der Waals surface area contributed by atoms with Crippen LogP contribution in [0.25, 0.3) is 0 Å². The zero-order valence-corrected chi connectivity index (χ0v) is 18.7. The number of rotatable bonds is 8. The van der Waals surface area contributed by atoms with E-state index >= 15 is 0 Å². The highest BCUT2D eigenvalue weighted by molar-refractivity contribution is 6.01. The summed E-state index contributed by atoms with van der Waals surface area (Å²) in [4.78, 5) is 30.6. The predicted molar refractivity (Wildman–Crippen MR) is 119 cm³/mol. The molecule has 1 saturated carbocycles. The summed E-state index contributed by atoms with van der Waals surface area (Å²) < 4.78 is 16.5. The first-order valence-corrected chi connectivity index (χ1v) is 11.7. The fraction of sp³-hybridized carbons (Fsp3) is 0.542. The number of hydrogen-bond donors (Lipinski definition) is 0. The van der Waals surface area contributed by atoms with Gasteiger partial charge in [-0.25, -0.2) is 5.01 Å². The van der Waals surface area contributed by atoms with Crippen molar-refractivity contribution < 1.29 is 23.2 Å². The summed E-state index contributed by atoms with van der Waals surface area (Å²) >= 11 is 0. The Morgan fingerprint density at radius 2 is 1.88 bits per heavy atom. The van der Waals surface area contributed by atoms with Crippen molar-refractivity contribution in [1.82, 2.24) is 14.8 Å². The van der Waals surface area contributed by atoms with Gasteiger partial charge >= 0.3 is 0 Å². The van der Waals surface area contributed by atoms with Crippen LogP contribution in [-0.2, 0) is 14.3 Å². The van der Waals surface area contributed by atoms with Gasteiger partial charge in [-0.05, 0) is 37.1 Å². The third-order valence-corrected chi connectivity index (χ3v) is 6.73. The first-order valence-electron chi connectivity index (χ1n) is 11.7. The number of morpholine rings is 1. The van der Waals surface area contributed by atoms with Gasteiger partial charge in [0.25, 0.3) is 5.91 Å². The normalized spacial score (nSPS) is 21.6. The van der Waals surface area contributed by atoms with Crippen molar-refractivity contribution in [2.45, 2.75) is 31.7 Å².